The lowest BCUT2D eigenvalue weighted by Gasteiger charge is -2.29. The Bertz CT molecular complexity index is 762. The molecule has 0 aliphatic carbocycles. The predicted molar refractivity (Wildman–Crippen MR) is 88.6 cm³/mol. The molecule has 2 nitrogen and oxygen atoms in total. The first-order valence-electron chi connectivity index (χ1n) is 7.19. The number of allylic oxidation sites excluding steroid dienone is 2. The van der Waals surface area contributed by atoms with Gasteiger partial charge in [0, 0.05) is 32.5 Å². The molecule has 1 aliphatic heterocycles. The zero-order chi connectivity index (χ0) is 14.9. The summed E-state index contributed by atoms with van der Waals surface area (Å²) in [5.41, 5.74) is 2.02. The minimum absolute atomic E-state index is 0.207. The Balaban J connectivity index is 2.69. The largest absolute Gasteiger partial charge is 0.362 e. The van der Waals surface area contributed by atoms with Gasteiger partial charge in [-0.1, -0.05) is 45.4 Å². The van der Waals surface area contributed by atoms with E-state index in [4.69, 9.17) is 0 Å². The van der Waals surface area contributed by atoms with Gasteiger partial charge in [0.05, 0.1) is 6.04 Å². The first-order chi connectivity index (χ1) is 9.51. The second kappa shape index (κ2) is 5.58. The molecule has 2 rings (SSSR count). The van der Waals surface area contributed by atoms with Gasteiger partial charge >= 0.3 is 0 Å². The second-order valence-corrected chi connectivity index (χ2v) is 5.30. The van der Waals surface area contributed by atoms with Crippen molar-refractivity contribution in [3.05, 3.63) is 45.7 Å². The molecule has 1 N–H and O–H groups in total. The summed E-state index contributed by atoms with van der Waals surface area (Å²) >= 11 is 0. The van der Waals surface area contributed by atoms with E-state index in [-0.39, 0.29) is 6.04 Å². The molecule has 0 saturated carbocycles. The Morgan fingerprint density at radius 2 is 1.85 bits per heavy atom. The third-order valence-electron chi connectivity index (χ3n) is 3.96. The highest BCUT2D eigenvalue weighted by Gasteiger charge is 2.21. The van der Waals surface area contributed by atoms with Crippen molar-refractivity contribution in [3.63, 3.8) is 0 Å². The number of aromatic nitrogens is 1. The van der Waals surface area contributed by atoms with Crippen LogP contribution in [-0.4, -0.2) is 4.57 Å². The number of piperidine rings is 1. The molecule has 2 heteroatoms. The average molecular weight is 268 g/mol. The van der Waals surface area contributed by atoms with Gasteiger partial charge in [0.2, 0.25) is 0 Å². The Kier molecular flexibility index (Phi) is 4.03. The SMILES string of the molecule is C=C1CCC(n2c(=C)c(=C/C)/c(=C\CC)c2=C)C(=C)N1. The summed E-state index contributed by atoms with van der Waals surface area (Å²) in [6.45, 7) is 20.9. The lowest BCUT2D eigenvalue weighted by atomic mass is 10.0. The summed E-state index contributed by atoms with van der Waals surface area (Å²) < 4.78 is 2.22. The number of nitrogens with zero attached hydrogens (tertiary/aromatic N) is 1. The van der Waals surface area contributed by atoms with Gasteiger partial charge in [0.25, 0.3) is 0 Å². The van der Waals surface area contributed by atoms with Gasteiger partial charge in [-0.05, 0) is 26.2 Å². The van der Waals surface area contributed by atoms with E-state index < -0.39 is 0 Å². The van der Waals surface area contributed by atoms with Crippen LogP contribution in [0.2, 0.25) is 0 Å². The fourth-order valence-electron chi connectivity index (χ4n) is 3.01. The van der Waals surface area contributed by atoms with Gasteiger partial charge in [-0.25, -0.2) is 0 Å². The number of hydrogen-bond acceptors (Lipinski definition) is 1. The van der Waals surface area contributed by atoms with E-state index in [1.807, 2.05) is 0 Å². The zero-order valence-corrected chi connectivity index (χ0v) is 12.6. The molecule has 0 bridgehead atoms. The molecule has 1 aromatic heterocycles. The van der Waals surface area contributed by atoms with Crippen molar-refractivity contribution in [3.8, 4) is 0 Å². The van der Waals surface area contributed by atoms with Crippen molar-refractivity contribution in [2.24, 2.45) is 0 Å². The van der Waals surface area contributed by atoms with Crippen molar-refractivity contribution < 1.29 is 0 Å². The minimum atomic E-state index is 0.207. The Labute approximate surface area is 120 Å². The summed E-state index contributed by atoms with van der Waals surface area (Å²) in [4.78, 5) is 0. The van der Waals surface area contributed by atoms with Crippen LogP contribution >= 0.6 is 0 Å². The molecule has 106 valence electrons. The van der Waals surface area contributed by atoms with Crippen LogP contribution in [0.25, 0.3) is 25.3 Å². The third kappa shape index (κ3) is 2.26. The zero-order valence-electron chi connectivity index (χ0n) is 12.6. The molecule has 0 radical (unpaired) electrons. The molecule has 2 heterocycles. The predicted octanol–water partition coefficient (Wildman–Crippen LogP) is 1.25. The summed E-state index contributed by atoms with van der Waals surface area (Å²) in [6, 6.07) is 0.207. The molecule has 1 unspecified atom stereocenters. The van der Waals surface area contributed by atoms with Crippen molar-refractivity contribution >= 4 is 25.3 Å². The van der Waals surface area contributed by atoms with Crippen LogP contribution in [0.5, 0.6) is 0 Å². The maximum Gasteiger partial charge on any atom is 0.0738 e. The minimum Gasteiger partial charge on any atom is -0.362 e. The molecule has 1 aromatic rings. The van der Waals surface area contributed by atoms with E-state index in [1.54, 1.807) is 0 Å². The van der Waals surface area contributed by atoms with E-state index >= 15 is 0 Å². The van der Waals surface area contributed by atoms with E-state index in [2.05, 4.69) is 62.2 Å². The van der Waals surface area contributed by atoms with Crippen LogP contribution < -0.4 is 26.5 Å². The first-order valence-corrected chi connectivity index (χ1v) is 7.19. The summed E-state index contributed by atoms with van der Waals surface area (Å²) in [5, 5.41) is 7.73. The highest BCUT2D eigenvalue weighted by Crippen LogP contribution is 2.24. The van der Waals surface area contributed by atoms with Crippen molar-refractivity contribution in [2.75, 3.05) is 0 Å². The number of rotatable bonds is 2. The molecule has 0 spiro atoms. The van der Waals surface area contributed by atoms with Crippen LogP contribution in [0.4, 0.5) is 0 Å². The molecule has 1 saturated heterocycles. The molecule has 0 amide bonds. The van der Waals surface area contributed by atoms with E-state index in [0.717, 1.165) is 41.4 Å². The lowest BCUT2D eigenvalue weighted by Crippen LogP contribution is -2.39. The molecule has 1 atom stereocenters. The van der Waals surface area contributed by atoms with Gasteiger partial charge in [0.15, 0.2) is 0 Å². The fraction of sp³-hybridized carbons (Fsp3) is 0.333. The molecule has 1 aliphatic rings. The number of nitrogens with one attached hydrogen (secondary N) is 1. The quantitative estimate of drug-likeness (QED) is 0.854. The van der Waals surface area contributed by atoms with Gasteiger partial charge in [0.1, 0.15) is 0 Å². The summed E-state index contributed by atoms with van der Waals surface area (Å²) in [7, 11) is 0. The normalized spacial score (nSPS) is 21.4. The summed E-state index contributed by atoms with van der Waals surface area (Å²) in [6.07, 6.45) is 7.29. The monoisotopic (exact) mass is 268 g/mol. The highest BCUT2D eigenvalue weighted by molar-refractivity contribution is 5.34. The second-order valence-electron chi connectivity index (χ2n) is 5.30. The molecule has 1 fully saturated rings. The Morgan fingerprint density at radius 1 is 1.20 bits per heavy atom. The average Bonchev–Trinajstić information content (AvgIpc) is 2.63. The van der Waals surface area contributed by atoms with E-state index in [0.29, 0.717) is 0 Å². The van der Waals surface area contributed by atoms with Crippen molar-refractivity contribution in [1.82, 2.24) is 9.88 Å². The standard InChI is InChI=1S/C18H24N2/c1-7-9-17-15(6)20(14(5)16(17)8-2)18-11-10-12(3)19-13(18)4/h8-9,18-19H,3-7,10-11H2,1-2H3/b16-8-,17-9-. The highest BCUT2D eigenvalue weighted by atomic mass is 15.1. The molecule has 0 aromatic carbocycles. The van der Waals surface area contributed by atoms with Crippen LogP contribution in [0, 0.1) is 0 Å². The molecular weight excluding hydrogens is 244 g/mol. The lowest BCUT2D eigenvalue weighted by molar-refractivity contribution is 0.455. The van der Waals surface area contributed by atoms with Gasteiger partial charge in [-0.2, -0.15) is 0 Å². The Morgan fingerprint density at radius 3 is 2.40 bits per heavy atom. The smallest absolute Gasteiger partial charge is 0.0738 e. The fourth-order valence-corrected chi connectivity index (χ4v) is 3.01. The maximum atomic E-state index is 4.28. The van der Waals surface area contributed by atoms with Gasteiger partial charge in [-0.15, -0.1) is 0 Å². The molecule has 20 heavy (non-hydrogen) atoms. The van der Waals surface area contributed by atoms with E-state index in [9.17, 15) is 0 Å². The van der Waals surface area contributed by atoms with Crippen molar-refractivity contribution in [1.29, 1.82) is 0 Å². The van der Waals surface area contributed by atoms with Crippen LogP contribution in [0.1, 0.15) is 39.2 Å². The van der Waals surface area contributed by atoms with Gasteiger partial charge in [-0.3, -0.25) is 0 Å². The maximum absolute atomic E-state index is 4.28. The topological polar surface area (TPSA) is 17.0 Å². The van der Waals surface area contributed by atoms with Crippen LogP contribution in [-0.2, 0) is 0 Å². The first kappa shape index (κ1) is 14.4. The van der Waals surface area contributed by atoms with Crippen LogP contribution in [0.3, 0.4) is 0 Å². The summed E-state index contributed by atoms with van der Waals surface area (Å²) in [5.74, 6) is 0. The molecular formula is C18H24N2. The van der Waals surface area contributed by atoms with Crippen molar-refractivity contribution in [2.45, 2.75) is 39.2 Å². The van der Waals surface area contributed by atoms with Crippen LogP contribution in [0.15, 0.2) is 24.6 Å². The Hall–Kier alpha value is -1.96. The van der Waals surface area contributed by atoms with E-state index in [1.165, 1.54) is 10.4 Å². The number of hydrogen-bond donors (Lipinski definition) is 1. The van der Waals surface area contributed by atoms with Gasteiger partial charge < -0.3 is 9.88 Å². The third-order valence-corrected chi connectivity index (χ3v) is 3.96.